The van der Waals surface area contributed by atoms with E-state index in [1.165, 1.54) is 0 Å². The van der Waals surface area contributed by atoms with Crippen molar-refractivity contribution >= 4 is 11.0 Å². The van der Waals surface area contributed by atoms with E-state index >= 15 is 0 Å². The number of hydrogen-bond donors (Lipinski definition) is 1. The fourth-order valence-electron chi connectivity index (χ4n) is 1.30. The van der Waals surface area contributed by atoms with Gasteiger partial charge >= 0.3 is 0 Å². The minimum Gasteiger partial charge on any atom is -0.319 e. The highest BCUT2D eigenvalue weighted by Gasteiger charge is 2.09. The summed E-state index contributed by atoms with van der Waals surface area (Å²) in [6.45, 7) is -0.555. The summed E-state index contributed by atoms with van der Waals surface area (Å²) in [6, 6.07) is 6.89. The predicted molar refractivity (Wildman–Crippen MR) is 53.1 cm³/mol. The number of hydrogen-bond acceptors (Lipinski definition) is 4. The van der Waals surface area contributed by atoms with Crippen LogP contribution in [0.15, 0.2) is 29.1 Å². The Balaban J connectivity index is 2.62. The first kappa shape index (κ1) is 9.32. The van der Waals surface area contributed by atoms with Gasteiger partial charge in [-0.3, -0.25) is 14.9 Å². The molecule has 6 heteroatoms. The Morgan fingerprint density at radius 2 is 2.13 bits per heavy atom. The molecule has 1 N–H and O–H groups in total. The quantitative estimate of drug-likeness (QED) is 0.577. The van der Waals surface area contributed by atoms with Crippen molar-refractivity contribution in [2.24, 2.45) is 0 Å². The molecule has 0 aliphatic heterocycles. The first-order valence-corrected chi connectivity index (χ1v) is 4.26. The number of para-hydroxylation sites is 2. The summed E-state index contributed by atoms with van der Waals surface area (Å²) in [5.74, 6) is 0. The van der Waals surface area contributed by atoms with Crippen LogP contribution in [0.25, 0.3) is 11.0 Å². The number of nitrogens with zero attached hydrogens (tertiary/aromatic N) is 2. The second kappa shape index (κ2) is 3.49. The fourth-order valence-corrected chi connectivity index (χ4v) is 1.30. The maximum absolute atomic E-state index is 11.3. The number of aromatic nitrogens is 2. The van der Waals surface area contributed by atoms with Gasteiger partial charge in [-0.1, -0.05) is 12.1 Å². The van der Waals surface area contributed by atoms with E-state index in [-0.39, 0.29) is 5.69 Å². The van der Waals surface area contributed by atoms with E-state index < -0.39 is 17.0 Å². The van der Waals surface area contributed by atoms with Crippen LogP contribution in [0.4, 0.5) is 0 Å². The van der Waals surface area contributed by atoms with E-state index in [0.717, 1.165) is 0 Å². The third-order valence-corrected chi connectivity index (χ3v) is 1.95. The van der Waals surface area contributed by atoms with Crippen LogP contribution in [0.1, 0.15) is 5.69 Å². The van der Waals surface area contributed by atoms with E-state index in [9.17, 15) is 14.9 Å². The maximum Gasteiger partial charge on any atom is 0.276 e. The minimum atomic E-state index is -0.577. The lowest BCUT2D eigenvalue weighted by molar-refractivity contribution is -0.497. The SMILES string of the molecule is O=c1[nH]c2ccccc2nc1C[N+](=O)[O-]. The van der Waals surface area contributed by atoms with Gasteiger partial charge in [-0.15, -0.1) is 0 Å². The van der Waals surface area contributed by atoms with Crippen LogP contribution >= 0.6 is 0 Å². The molecule has 0 spiro atoms. The Labute approximate surface area is 83.7 Å². The summed E-state index contributed by atoms with van der Waals surface area (Å²) in [7, 11) is 0. The Hall–Kier alpha value is -2.24. The number of rotatable bonds is 2. The molecule has 1 aromatic carbocycles. The molecule has 0 aliphatic rings. The molecule has 0 unspecified atom stereocenters. The summed E-state index contributed by atoms with van der Waals surface area (Å²) in [4.78, 5) is 27.5. The van der Waals surface area contributed by atoms with Gasteiger partial charge in [0, 0.05) is 4.92 Å². The maximum atomic E-state index is 11.3. The number of fused-ring (bicyclic) bond motifs is 1. The Morgan fingerprint density at radius 1 is 1.40 bits per heavy atom. The Bertz CT molecular complexity index is 576. The zero-order valence-electron chi connectivity index (χ0n) is 7.64. The summed E-state index contributed by atoms with van der Waals surface area (Å²) in [5.41, 5.74) is 0.549. The third kappa shape index (κ3) is 1.83. The van der Waals surface area contributed by atoms with Crippen LogP contribution in [-0.2, 0) is 6.54 Å². The third-order valence-electron chi connectivity index (χ3n) is 1.95. The van der Waals surface area contributed by atoms with Gasteiger partial charge in [0.05, 0.1) is 11.0 Å². The molecule has 0 atom stereocenters. The van der Waals surface area contributed by atoms with Crippen molar-refractivity contribution in [1.82, 2.24) is 9.97 Å². The predicted octanol–water partition coefficient (Wildman–Crippen LogP) is 0.700. The van der Waals surface area contributed by atoms with Crippen LogP contribution < -0.4 is 5.56 Å². The molecule has 15 heavy (non-hydrogen) atoms. The Kier molecular flexibility index (Phi) is 2.17. The van der Waals surface area contributed by atoms with Crippen molar-refractivity contribution in [2.75, 3.05) is 0 Å². The minimum absolute atomic E-state index is 0.0706. The van der Waals surface area contributed by atoms with E-state index in [1.54, 1.807) is 24.3 Å². The van der Waals surface area contributed by atoms with Crippen molar-refractivity contribution in [2.45, 2.75) is 6.54 Å². The van der Waals surface area contributed by atoms with Gasteiger partial charge in [0.2, 0.25) is 0 Å². The number of H-pyrrole nitrogens is 1. The largest absolute Gasteiger partial charge is 0.319 e. The first-order valence-electron chi connectivity index (χ1n) is 4.26. The molecule has 0 amide bonds. The number of aromatic amines is 1. The second-order valence-corrected chi connectivity index (χ2v) is 3.02. The standard InChI is InChI=1S/C9H7N3O3/c13-9-8(5-12(14)15)10-6-3-1-2-4-7(6)11-9/h1-4H,5H2,(H,11,13). The van der Waals surface area contributed by atoms with Gasteiger partial charge in [-0.05, 0) is 12.1 Å². The Morgan fingerprint density at radius 3 is 2.87 bits per heavy atom. The molecule has 2 rings (SSSR count). The zero-order valence-corrected chi connectivity index (χ0v) is 7.64. The lowest BCUT2D eigenvalue weighted by Gasteiger charge is -1.98. The van der Waals surface area contributed by atoms with Crippen molar-refractivity contribution in [1.29, 1.82) is 0 Å². The number of benzene rings is 1. The van der Waals surface area contributed by atoms with E-state index in [0.29, 0.717) is 11.0 Å². The highest BCUT2D eigenvalue weighted by atomic mass is 16.6. The van der Waals surface area contributed by atoms with Gasteiger partial charge in [-0.2, -0.15) is 0 Å². The second-order valence-electron chi connectivity index (χ2n) is 3.02. The summed E-state index contributed by atoms with van der Waals surface area (Å²) in [5, 5.41) is 10.3. The topological polar surface area (TPSA) is 88.9 Å². The fraction of sp³-hybridized carbons (Fsp3) is 0.111. The number of nitro groups is 1. The van der Waals surface area contributed by atoms with Gasteiger partial charge in [-0.25, -0.2) is 4.98 Å². The highest BCUT2D eigenvalue weighted by Crippen LogP contribution is 2.05. The van der Waals surface area contributed by atoms with Crippen molar-refractivity contribution in [3.05, 3.63) is 50.4 Å². The lowest BCUT2D eigenvalue weighted by Crippen LogP contribution is -2.18. The molecular weight excluding hydrogens is 198 g/mol. The van der Waals surface area contributed by atoms with Crippen LogP contribution in [-0.4, -0.2) is 14.9 Å². The molecule has 1 heterocycles. The van der Waals surface area contributed by atoms with Crippen LogP contribution in [0.3, 0.4) is 0 Å². The molecule has 0 fully saturated rings. The monoisotopic (exact) mass is 205 g/mol. The van der Waals surface area contributed by atoms with E-state index in [2.05, 4.69) is 9.97 Å². The zero-order chi connectivity index (χ0) is 10.8. The first-order chi connectivity index (χ1) is 7.16. The van der Waals surface area contributed by atoms with Crippen LogP contribution in [0.5, 0.6) is 0 Å². The normalized spacial score (nSPS) is 10.4. The average Bonchev–Trinajstić information content (AvgIpc) is 2.18. The molecule has 1 aromatic heterocycles. The van der Waals surface area contributed by atoms with Crippen LogP contribution in [0.2, 0.25) is 0 Å². The molecule has 0 bridgehead atoms. The van der Waals surface area contributed by atoms with E-state index in [1.807, 2.05) is 0 Å². The summed E-state index contributed by atoms with van der Waals surface area (Å²) < 4.78 is 0. The van der Waals surface area contributed by atoms with Crippen molar-refractivity contribution in [3.8, 4) is 0 Å². The van der Waals surface area contributed by atoms with Gasteiger partial charge in [0.1, 0.15) is 0 Å². The summed E-state index contributed by atoms with van der Waals surface area (Å²) >= 11 is 0. The van der Waals surface area contributed by atoms with Crippen LogP contribution in [0, 0.1) is 10.1 Å². The molecule has 0 saturated heterocycles. The van der Waals surface area contributed by atoms with Gasteiger partial charge in [0.15, 0.2) is 5.69 Å². The number of nitrogens with one attached hydrogen (secondary N) is 1. The molecular formula is C9H7N3O3. The molecule has 6 nitrogen and oxygen atoms in total. The van der Waals surface area contributed by atoms with Gasteiger partial charge in [0.25, 0.3) is 12.1 Å². The average molecular weight is 205 g/mol. The summed E-state index contributed by atoms with van der Waals surface area (Å²) in [6.07, 6.45) is 0. The van der Waals surface area contributed by atoms with E-state index in [4.69, 9.17) is 0 Å². The van der Waals surface area contributed by atoms with Crippen molar-refractivity contribution in [3.63, 3.8) is 0 Å². The lowest BCUT2D eigenvalue weighted by atomic mass is 10.3. The van der Waals surface area contributed by atoms with Crippen molar-refractivity contribution < 1.29 is 4.92 Å². The molecule has 0 radical (unpaired) electrons. The molecule has 2 aromatic rings. The highest BCUT2D eigenvalue weighted by molar-refractivity contribution is 5.73. The molecule has 0 saturated carbocycles. The smallest absolute Gasteiger partial charge is 0.276 e. The molecule has 76 valence electrons. The van der Waals surface area contributed by atoms with Gasteiger partial charge < -0.3 is 4.98 Å². The molecule has 0 aliphatic carbocycles.